The molecule has 2 atom stereocenters. The molecule has 0 bridgehead atoms. The second-order valence-electron chi connectivity index (χ2n) is 4.60. The van der Waals surface area contributed by atoms with Crippen LogP contribution in [0.1, 0.15) is 18.4 Å². The van der Waals surface area contributed by atoms with Crippen LogP contribution >= 0.6 is 11.6 Å². The van der Waals surface area contributed by atoms with Gasteiger partial charge in [0.2, 0.25) is 0 Å². The maximum absolute atomic E-state index is 5.94. The van der Waals surface area contributed by atoms with Crippen LogP contribution < -0.4 is 10.1 Å². The van der Waals surface area contributed by atoms with E-state index in [2.05, 4.69) is 16.4 Å². The molecular weight excluding hydrogens is 236 g/mol. The number of nitrogens with zero attached hydrogens (tertiary/aromatic N) is 1. The highest BCUT2D eigenvalue weighted by atomic mass is 35.5. The highest BCUT2D eigenvalue weighted by Gasteiger charge is 2.35. The Kier molecular flexibility index (Phi) is 2.81. The lowest BCUT2D eigenvalue weighted by atomic mass is 9.76. The van der Waals surface area contributed by atoms with Gasteiger partial charge in [0.15, 0.2) is 10.9 Å². The van der Waals surface area contributed by atoms with Gasteiger partial charge in [0.1, 0.15) is 0 Å². The van der Waals surface area contributed by atoms with Gasteiger partial charge >= 0.3 is 0 Å². The number of pyridine rings is 1. The van der Waals surface area contributed by atoms with E-state index in [1.54, 1.807) is 7.11 Å². The molecule has 1 saturated heterocycles. The molecule has 0 saturated carbocycles. The number of aromatic nitrogens is 1. The zero-order valence-electron chi connectivity index (χ0n) is 9.74. The van der Waals surface area contributed by atoms with Gasteiger partial charge in [0, 0.05) is 24.3 Å². The molecule has 2 aliphatic rings. The minimum atomic E-state index is 0.422. The highest BCUT2D eigenvalue weighted by Crippen LogP contribution is 2.37. The first-order valence-electron chi connectivity index (χ1n) is 5.93. The van der Waals surface area contributed by atoms with Crippen LogP contribution in [0.25, 0.3) is 5.57 Å². The van der Waals surface area contributed by atoms with Gasteiger partial charge in [-0.2, -0.15) is 0 Å². The zero-order chi connectivity index (χ0) is 11.8. The van der Waals surface area contributed by atoms with Crippen molar-refractivity contribution < 1.29 is 4.74 Å². The van der Waals surface area contributed by atoms with Crippen molar-refractivity contribution in [2.75, 3.05) is 13.7 Å². The van der Waals surface area contributed by atoms with E-state index in [4.69, 9.17) is 16.3 Å². The molecule has 0 unspecified atom stereocenters. The van der Waals surface area contributed by atoms with Crippen LogP contribution in [0.5, 0.6) is 5.75 Å². The van der Waals surface area contributed by atoms with E-state index in [-0.39, 0.29) is 0 Å². The Bertz CT molecular complexity index is 472. The highest BCUT2D eigenvalue weighted by molar-refractivity contribution is 6.30. The molecule has 3 rings (SSSR count). The number of hydrogen-bond acceptors (Lipinski definition) is 3. The number of rotatable bonds is 2. The lowest BCUT2D eigenvalue weighted by Crippen LogP contribution is -2.54. The summed E-state index contributed by atoms with van der Waals surface area (Å²) in [5, 5.41) is 3.90. The minimum Gasteiger partial charge on any atom is -0.494 e. The first-order chi connectivity index (χ1) is 8.29. The summed E-state index contributed by atoms with van der Waals surface area (Å²) in [7, 11) is 1.62. The summed E-state index contributed by atoms with van der Waals surface area (Å²) in [5.41, 5.74) is 2.46. The Morgan fingerprint density at radius 1 is 1.53 bits per heavy atom. The van der Waals surface area contributed by atoms with Crippen molar-refractivity contribution in [3.8, 4) is 5.75 Å². The van der Waals surface area contributed by atoms with Crippen molar-refractivity contribution in [3.63, 3.8) is 0 Å². The number of hydrogen-bond donors (Lipinski definition) is 1. The Balaban J connectivity index is 1.95. The van der Waals surface area contributed by atoms with Gasteiger partial charge in [-0.1, -0.05) is 17.7 Å². The van der Waals surface area contributed by atoms with Crippen LogP contribution in [0.2, 0.25) is 5.15 Å². The standard InChI is InChI=1S/C13H15ClN2O/c1-17-11-5-9(7-16-13(11)14)10-4-2-3-8-6-15-12(8)10/h4-5,7-8,12,15H,2-3,6H2,1H3/t8-,12+/m0/s1. The van der Waals surface area contributed by atoms with E-state index in [1.165, 1.54) is 12.0 Å². The van der Waals surface area contributed by atoms with Crippen LogP contribution in [0.3, 0.4) is 0 Å². The van der Waals surface area contributed by atoms with Gasteiger partial charge < -0.3 is 10.1 Å². The van der Waals surface area contributed by atoms with E-state index in [1.807, 2.05) is 12.3 Å². The fourth-order valence-corrected chi connectivity index (χ4v) is 2.82. The average Bonchev–Trinajstić information content (AvgIpc) is 2.31. The number of fused-ring (bicyclic) bond motifs is 1. The molecule has 2 heterocycles. The molecule has 1 aliphatic heterocycles. The Hall–Kier alpha value is -1.06. The van der Waals surface area contributed by atoms with E-state index >= 15 is 0 Å². The summed E-state index contributed by atoms with van der Waals surface area (Å²) in [5.74, 6) is 1.43. The molecule has 1 aliphatic carbocycles. The van der Waals surface area contributed by atoms with Crippen LogP contribution in [-0.2, 0) is 0 Å². The average molecular weight is 251 g/mol. The van der Waals surface area contributed by atoms with E-state index in [9.17, 15) is 0 Å². The molecule has 1 N–H and O–H groups in total. The van der Waals surface area contributed by atoms with Crippen molar-refractivity contribution in [1.82, 2.24) is 10.3 Å². The SMILES string of the molecule is COc1cc(C2=CCC[C@H]3CN[C@@H]23)cnc1Cl. The maximum atomic E-state index is 5.94. The van der Waals surface area contributed by atoms with Gasteiger partial charge in [-0.25, -0.2) is 4.98 Å². The molecule has 1 aromatic heterocycles. The molecule has 3 nitrogen and oxygen atoms in total. The summed E-state index contributed by atoms with van der Waals surface area (Å²) in [4.78, 5) is 4.18. The van der Waals surface area contributed by atoms with Crippen molar-refractivity contribution >= 4 is 17.2 Å². The second kappa shape index (κ2) is 4.31. The number of allylic oxidation sites excluding steroid dienone is 1. The molecule has 90 valence electrons. The number of ether oxygens (including phenoxy) is 1. The molecule has 0 radical (unpaired) electrons. The quantitative estimate of drug-likeness (QED) is 0.819. The smallest absolute Gasteiger partial charge is 0.171 e. The van der Waals surface area contributed by atoms with Crippen LogP contribution in [-0.4, -0.2) is 24.7 Å². The van der Waals surface area contributed by atoms with Crippen molar-refractivity contribution in [3.05, 3.63) is 29.1 Å². The summed E-state index contributed by atoms with van der Waals surface area (Å²) < 4.78 is 5.21. The number of halogens is 1. The molecule has 1 fully saturated rings. The third kappa shape index (κ3) is 1.83. The summed E-state index contributed by atoms with van der Waals surface area (Å²) in [6.07, 6.45) is 6.58. The van der Waals surface area contributed by atoms with Crippen molar-refractivity contribution in [1.29, 1.82) is 0 Å². The van der Waals surface area contributed by atoms with Crippen LogP contribution in [0.15, 0.2) is 18.3 Å². The lowest BCUT2D eigenvalue weighted by molar-refractivity contribution is 0.262. The Labute approximate surface area is 106 Å². The lowest BCUT2D eigenvalue weighted by Gasteiger charge is -2.42. The molecule has 0 aromatic carbocycles. The predicted molar refractivity (Wildman–Crippen MR) is 68.3 cm³/mol. The monoisotopic (exact) mass is 250 g/mol. The number of methoxy groups -OCH3 is 1. The Morgan fingerprint density at radius 2 is 2.41 bits per heavy atom. The van der Waals surface area contributed by atoms with Crippen LogP contribution in [0.4, 0.5) is 0 Å². The summed E-state index contributed by atoms with van der Waals surface area (Å²) in [6.45, 7) is 1.14. The van der Waals surface area contributed by atoms with Gasteiger partial charge in [-0.05, 0) is 30.4 Å². The van der Waals surface area contributed by atoms with E-state index < -0.39 is 0 Å². The fraction of sp³-hybridized carbons (Fsp3) is 0.462. The maximum Gasteiger partial charge on any atom is 0.171 e. The second-order valence-corrected chi connectivity index (χ2v) is 4.96. The first kappa shape index (κ1) is 11.1. The van der Waals surface area contributed by atoms with Crippen LogP contribution in [0, 0.1) is 5.92 Å². The van der Waals surface area contributed by atoms with Gasteiger partial charge in [0.25, 0.3) is 0 Å². The molecule has 1 aromatic rings. The first-order valence-corrected chi connectivity index (χ1v) is 6.30. The molecule has 4 heteroatoms. The third-order valence-corrected chi connectivity index (χ3v) is 3.95. The van der Waals surface area contributed by atoms with Gasteiger partial charge in [-0.3, -0.25) is 0 Å². The van der Waals surface area contributed by atoms with E-state index in [0.717, 1.165) is 24.4 Å². The summed E-state index contributed by atoms with van der Waals surface area (Å²) >= 11 is 5.94. The van der Waals surface area contributed by atoms with Gasteiger partial charge in [-0.15, -0.1) is 0 Å². The van der Waals surface area contributed by atoms with Crippen molar-refractivity contribution in [2.24, 2.45) is 5.92 Å². The molecule has 0 amide bonds. The molecular formula is C13H15ClN2O. The largest absolute Gasteiger partial charge is 0.494 e. The molecule has 0 spiro atoms. The minimum absolute atomic E-state index is 0.422. The third-order valence-electron chi connectivity index (χ3n) is 3.67. The number of nitrogens with one attached hydrogen (secondary N) is 1. The molecule has 17 heavy (non-hydrogen) atoms. The normalized spacial score (nSPS) is 26.8. The topological polar surface area (TPSA) is 34.1 Å². The van der Waals surface area contributed by atoms with Gasteiger partial charge in [0.05, 0.1) is 7.11 Å². The summed E-state index contributed by atoms with van der Waals surface area (Å²) in [6, 6.07) is 2.47. The fourth-order valence-electron chi connectivity index (χ4n) is 2.64. The zero-order valence-corrected chi connectivity index (χ0v) is 10.5. The predicted octanol–water partition coefficient (Wildman–Crippen LogP) is 2.51. The Morgan fingerprint density at radius 3 is 3.12 bits per heavy atom. The van der Waals surface area contributed by atoms with Crippen molar-refractivity contribution in [2.45, 2.75) is 18.9 Å². The van der Waals surface area contributed by atoms with E-state index in [0.29, 0.717) is 16.9 Å².